The van der Waals surface area contributed by atoms with Crippen molar-refractivity contribution in [3.63, 3.8) is 0 Å². The number of hydrogen-bond acceptors (Lipinski definition) is 2. The van der Waals surface area contributed by atoms with Gasteiger partial charge in [-0.15, -0.1) is 0 Å². The van der Waals surface area contributed by atoms with Crippen LogP contribution in [0.3, 0.4) is 0 Å². The van der Waals surface area contributed by atoms with E-state index in [1.165, 1.54) is 12.8 Å². The Kier molecular flexibility index (Phi) is 5.92. The zero-order valence-corrected chi connectivity index (χ0v) is 6.35. The molecule has 0 unspecified atom stereocenters. The highest BCUT2D eigenvalue weighted by Crippen LogP contribution is 1.98. The Hall–Kier alpha value is -0.730. The Labute approximate surface area is 61.5 Å². The monoisotopic (exact) mass is 144 g/mol. The molecule has 0 heterocycles. The van der Waals surface area contributed by atoms with Crippen molar-refractivity contribution in [3.8, 4) is 0 Å². The van der Waals surface area contributed by atoms with Gasteiger partial charge in [0.05, 0.1) is 6.61 Å². The van der Waals surface area contributed by atoms with Crippen molar-refractivity contribution in [2.75, 3.05) is 6.61 Å². The summed E-state index contributed by atoms with van der Waals surface area (Å²) in [6.07, 6.45) is 3.41. The largest absolute Gasteiger partial charge is 0.448 e. The second-order valence-corrected chi connectivity index (χ2v) is 2.20. The lowest BCUT2D eigenvalue weighted by Crippen LogP contribution is -2.03. The minimum atomic E-state index is -0.920. The number of carbonyl (C=O) groups is 1. The molecule has 0 aliphatic heterocycles. The zero-order chi connectivity index (χ0) is 7.82. The third-order valence-electron chi connectivity index (χ3n) is 1.23. The van der Waals surface area contributed by atoms with Gasteiger partial charge < -0.3 is 4.74 Å². The lowest BCUT2D eigenvalue weighted by Gasteiger charge is -1.98. The van der Waals surface area contributed by atoms with Crippen molar-refractivity contribution < 1.29 is 9.53 Å². The topological polar surface area (TPSA) is 50.1 Å². The second-order valence-electron chi connectivity index (χ2n) is 2.20. The number of hydrogen-bond donors (Lipinski definition) is 0. The minimum absolute atomic E-state index is 0.405. The molecular weight excluding hydrogens is 130 g/mol. The molecule has 0 aliphatic rings. The smallest absolute Gasteiger partial charge is 0.426 e. The van der Waals surface area contributed by atoms with Crippen molar-refractivity contribution >= 4 is 6.09 Å². The molecule has 0 aromatic rings. The fourth-order valence-corrected chi connectivity index (χ4v) is 0.694. The van der Waals surface area contributed by atoms with Gasteiger partial charge in [0.2, 0.25) is 0 Å². The Bertz CT molecular complexity index is 93.6. The molecule has 0 aromatic carbocycles. The summed E-state index contributed by atoms with van der Waals surface area (Å²) in [6.45, 7) is 2.53. The molecule has 3 nitrogen and oxygen atoms in total. The van der Waals surface area contributed by atoms with Gasteiger partial charge in [0, 0.05) is 0 Å². The van der Waals surface area contributed by atoms with E-state index in [-0.39, 0.29) is 0 Å². The molecule has 0 spiro atoms. The molecule has 0 fully saturated rings. The fourth-order valence-electron chi connectivity index (χ4n) is 0.694. The van der Waals surface area contributed by atoms with Crippen LogP contribution >= 0.6 is 0 Å². The molecule has 0 atom stereocenters. The van der Waals surface area contributed by atoms with Crippen molar-refractivity contribution in [2.24, 2.45) is 0 Å². The van der Waals surface area contributed by atoms with Crippen LogP contribution in [0.4, 0.5) is 4.79 Å². The Balaban J connectivity index is 2.84. The minimum Gasteiger partial charge on any atom is -0.448 e. The zero-order valence-electron chi connectivity index (χ0n) is 6.35. The lowest BCUT2D eigenvalue weighted by molar-refractivity contribution is 0.152. The lowest BCUT2D eigenvalue weighted by atomic mass is 10.2. The highest BCUT2D eigenvalue weighted by atomic mass is 16.5. The van der Waals surface area contributed by atoms with Gasteiger partial charge in [-0.25, -0.2) is 10.5 Å². The number of carbonyl (C=O) groups excluding carboxylic acids is 1. The van der Waals surface area contributed by atoms with Crippen LogP contribution in [0.15, 0.2) is 0 Å². The highest BCUT2D eigenvalue weighted by molar-refractivity contribution is 5.63. The summed E-state index contributed by atoms with van der Waals surface area (Å²) in [5.41, 5.74) is 6.40. The summed E-state index contributed by atoms with van der Waals surface area (Å²) in [7, 11) is 0. The van der Waals surface area contributed by atoms with E-state index in [1.807, 2.05) is 0 Å². The van der Waals surface area contributed by atoms with Gasteiger partial charge in [-0.2, -0.15) is 0 Å². The first-order valence-electron chi connectivity index (χ1n) is 3.65. The first-order chi connectivity index (χ1) is 4.77. The van der Waals surface area contributed by atoms with Gasteiger partial charge in [0.1, 0.15) is 0 Å². The predicted molar refractivity (Wildman–Crippen MR) is 38.6 cm³/mol. The summed E-state index contributed by atoms with van der Waals surface area (Å²) in [4.78, 5) is 9.92. The molecule has 3 heteroatoms. The molecule has 59 valence electrons. The first kappa shape index (κ1) is 9.27. The van der Waals surface area contributed by atoms with Crippen molar-refractivity contribution in [2.45, 2.75) is 32.6 Å². The van der Waals surface area contributed by atoms with Crippen molar-refractivity contribution in [3.05, 3.63) is 0 Å². The van der Waals surface area contributed by atoms with Crippen LogP contribution in [0.2, 0.25) is 0 Å². The molecule has 0 saturated carbocycles. The summed E-state index contributed by atoms with van der Waals surface area (Å²) < 4.78 is 4.42. The number of nitrogens with one attached hydrogen (secondary N) is 1. The predicted octanol–water partition coefficient (Wildman–Crippen LogP) is 1.99. The van der Waals surface area contributed by atoms with Crippen LogP contribution in [-0.4, -0.2) is 12.7 Å². The van der Waals surface area contributed by atoms with Crippen LogP contribution in [0.1, 0.15) is 32.6 Å². The first-order valence-corrected chi connectivity index (χ1v) is 3.65. The average molecular weight is 144 g/mol. The van der Waals surface area contributed by atoms with E-state index in [1.54, 1.807) is 0 Å². The molecule has 1 amide bonds. The molecule has 1 radical (unpaired) electrons. The van der Waals surface area contributed by atoms with E-state index in [4.69, 9.17) is 5.73 Å². The summed E-state index contributed by atoms with van der Waals surface area (Å²) >= 11 is 0. The van der Waals surface area contributed by atoms with Crippen molar-refractivity contribution in [1.82, 2.24) is 5.73 Å². The van der Waals surface area contributed by atoms with E-state index in [0.717, 1.165) is 12.8 Å². The van der Waals surface area contributed by atoms with E-state index >= 15 is 0 Å². The second kappa shape index (κ2) is 6.39. The quantitative estimate of drug-likeness (QED) is 0.554. The van der Waals surface area contributed by atoms with Gasteiger partial charge in [-0.1, -0.05) is 26.2 Å². The standard InChI is InChI=1S/C7H14NO2/c1-2-3-4-5-6-10-7(8)9/h8H,2-6H2,1H3. The van der Waals surface area contributed by atoms with Gasteiger partial charge in [-0.3, -0.25) is 0 Å². The normalized spacial score (nSPS) is 9.30. The summed E-state index contributed by atoms with van der Waals surface area (Å²) in [5, 5.41) is 0. The van der Waals surface area contributed by atoms with Crippen LogP contribution in [-0.2, 0) is 4.74 Å². The van der Waals surface area contributed by atoms with Crippen LogP contribution in [0.5, 0.6) is 0 Å². The maximum Gasteiger partial charge on any atom is 0.426 e. The third kappa shape index (κ3) is 7.27. The Morgan fingerprint density at radius 1 is 1.40 bits per heavy atom. The van der Waals surface area contributed by atoms with Crippen LogP contribution < -0.4 is 5.73 Å². The average Bonchev–Trinajstić information content (AvgIpc) is 1.87. The number of amides is 1. The third-order valence-corrected chi connectivity index (χ3v) is 1.23. The maximum absolute atomic E-state index is 9.92. The molecule has 0 rings (SSSR count). The molecule has 10 heavy (non-hydrogen) atoms. The number of rotatable bonds is 5. The molecule has 0 aliphatic carbocycles. The SMILES string of the molecule is CCCCCCOC([NH])=O. The fraction of sp³-hybridized carbons (Fsp3) is 0.857. The Morgan fingerprint density at radius 3 is 2.60 bits per heavy atom. The maximum atomic E-state index is 9.92. The van der Waals surface area contributed by atoms with E-state index < -0.39 is 6.09 Å². The van der Waals surface area contributed by atoms with Gasteiger partial charge in [0.25, 0.3) is 0 Å². The summed E-state index contributed by atoms with van der Waals surface area (Å²) in [6, 6.07) is 0. The van der Waals surface area contributed by atoms with E-state index in [0.29, 0.717) is 6.61 Å². The van der Waals surface area contributed by atoms with Crippen molar-refractivity contribution in [1.29, 1.82) is 0 Å². The van der Waals surface area contributed by atoms with Crippen LogP contribution in [0, 0.1) is 0 Å². The molecular formula is C7H14NO2. The van der Waals surface area contributed by atoms with E-state index in [9.17, 15) is 4.79 Å². The van der Waals surface area contributed by atoms with Crippen LogP contribution in [0.25, 0.3) is 0 Å². The number of unbranched alkanes of at least 4 members (excludes halogenated alkanes) is 3. The molecule has 0 bridgehead atoms. The van der Waals surface area contributed by atoms with E-state index in [2.05, 4.69) is 11.7 Å². The number of ether oxygens (including phenoxy) is 1. The Morgan fingerprint density at radius 2 is 2.10 bits per heavy atom. The molecule has 0 saturated heterocycles. The van der Waals surface area contributed by atoms with Gasteiger partial charge in [-0.05, 0) is 6.42 Å². The van der Waals surface area contributed by atoms with Gasteiger partial charge in [0.15, 0.2) is 0 Å². The highest BCUT2D eigenvalue weighted by Gasteiger charge is 1.92. The van der Waals surface area contributed by atoms with Gasteiger partial charge >= 0.3 is 6.09 Å². The molecule has 0 aromatic heterocycles. The molecule has 1 N–H and O–H groups in total. The summed E-state index contributed by atoms with van der Waals surface area (Å²) in [5.74, 6) is 0.